The van der Waals surface area contributed by atoms with Crippen LogP contribution in [0, 0.1) is 11.8 Å². The lowest BCUT2D eigenvalue weighted by molar-refractivity contribution is 0.0524. The Kier molecular flexibility index (Phi) is 18.1. The maximum absolute atomic E-state index is 12.1. The molecule has 4 aromatic heterocycles. The Morgan fingerprint density at radius 3 is 1.40 bits per heavy atom. The van der Waals surface area contributed by atoms with Crippen LogP contribution in [0.5, 0.6) is 0 Å². The molecule has 2 unspecified atom stereocenters. The fourth-order valence-corrected chi connectivity index (χ4v) is 6.08. The SMILES string of the molecule is CC(C)CC(CN)Nc1cc(Nc2cccc(C(C)(C)C)n2)c(C(N)=O)nn1.CC(C)CC(CNC(=O)OC(C)(C)C)Nc1cc(Nc2cccc(C(C)(C)C)n2)c(C(N)=O)nn1. The van der Waals surface area contributed by atoms with Gasteiger partial charge in [0, 0.05) is 59.5 Å². The Balaban J connectivity index is 0.000000344. The van der Waals surface area contributed by atoms with E-state index in [1.165, 1.54) is 0 Å². The minimum absolute atomic E-state index is 0.00537. The fourth-order valence-electron chi connectivity index (χ4n) is 6.08. The highest BCUT2D eigenvalue weighted by Crippen LogP contribution is 2.27. The Hall–Kier alpha value is -6.17. The minimum Gasteiger partial charge on any atom is -0.444 e. The standard InChI is InChI=1S/C25H39N7O3.C20H31N7O/c1-15(2)12-16(14-27-23(34)35-25(6,7)8)28-20-13-17(21(22(26)33)32-31-20)29-19-11-9-10-18(30-19)24(3,4)5;1-12(2)9-13(11-21)23-17-10-14(18(19(22)28)27-26-17)24-16-8-6-7-15(25-16)20(3,4)5/h9-11,13,15-16H,12,14H2,1-8H3,(H2,26,33)(H,27,34)(H2,28,29,30,31);6-8,10,12-13H,9,11,21H2,1-5H3,(H2,22,28)(H2,23,24,25,26). The fraction of sp³-hybridized carbons (Fsp3) is 0.533. The van der Waals surface area contributed by atoms with Crippen LogP contribution >= 0.6 is 0 Å². The van der Waals surface area contributed by atoms with Crippen molar-refractivity contribution in [1.29, 1.82) is 0 Å². The summed E-state index contributed by atoms with van der Waals surface area (Å²) in [4.78, 5) is 45.2. The number of primary amides is 2. The number of alkyl carbamates (subject to hydrolysis) is 1. The van der Waals surface area contributed by atoms with E-state index in [-0.39, 0.29) is 34.3 Å². The molecule has 344 valence electrons. The zero-order valence-electron chi connectivity index (χ0n) is 39.3. The lowest BCUT2D eigenvalue weighted by Crippen LogP contribution is -2.40. The maximum atomic E-state index is 12.1. The monoisotopic (exact) mass is 871 g/mol. The number of anilines is 6. The van der Waals surface area contributed by atoms with Crippen LogP contribution in [-0.2, 0) is 15.6 Å². The van der Waals surface area contributed by atoms with Crippen LogP contribution in [0.1, 0.15) is 135 Å². The zero-order valence-corrected chi connectivity index (χ0v) is 39.3. The summed E-state index contributed by atoms with van der Waals surface area (Å²) in [6.07, 6.45) is 1.16. The van der Waals surface area contributed by atoms with Gasteiger partial charge in [0.2, 0.25) is 0 Å². The number of carbonyl (C=O) groups is 3. The molecule has 0 aliphatic rings. The van der Waals surface area contributed by atoms with Crippen molar-refractivity contribution in [3.63, 3.8) is 0 Å². The van der Waals surface area contributed by atoms with Crippen molar-refractivity contribution in [2.24, 2.45) is 29.0 Å². The van der Waals surface area contributed by atoms with Crippen molar-refractivity contribution in [2.45, 2.75) is 131 Å². The summed E-state index contributed by atoms with van der Waals surface area (Å²) < 4.78 is 5.33. The molecule has 4 aromatic rings. The Labute approximate surface area is 372 Å². The number of rotatable bonds is 17. The molecule has 0 saturated carbocycles. The maximum Gasteiger partial charge on any atom is 0.407 e. The van der Waals surface area contributed by atoms with Gasteiger partial charge in [-0.05, 0) is 69.7 Å². The summed E-state index contributed by atoms with van der Waals surface area (Å²) in [5.41, 5.74) is 18.8. The molecule has 0 radical (unpaired) electrons. The molecule has 4 heterocycles. The normalized spacial score (nSPS) is 12.7. The quantitative estimate of drug-likeness (QED) is 0.0523. The Morgan fingerprint density at radius 2 is 1.03 bits per heavy atom. The molecule has 0 fully saturated rings. The molecule has 11 N–H and O–H groups in total. The molecule has 2 atom stereocenters. The second kappa shape index (κ2) is 22.3. The van der Waals surface area contributed by atoms with Gasteiger partial charge >= 0.3 is 6.09 Å². The third-order valence-corrected chi connectivity index (χ3v) is 9.01. The van der Waals surface area contributed by atoms with Gasteiger partial charge in [0.15, 0.2) is 23.0 Å². The molecule has 0 aromatic carbocycles. The van der Waals surface area contributed by atoms with Crippen LogP contribution in [0.3, 0.4) is 0 Å². The topological polar surface area (TPSA) is 276 Å². The third-order valence-electron chi connectivity index (χ3n) is 9.01. The summed E-state index contributed by atoms with van der Waals surface area (Å²) in [5.74, 6) is 1.59. The van der Waals surface area contributed by atoms with E-state index in [1.807, 2.05) is 51.1 Å². The van der Waals surface area contributed by atoms with Gasteiger partial charge in [-0.15, -0.1) is 20.4 Å². The Morgan fingerprint density at radius 1 is 0.619 bits per heavy atom. The van der Waals surface area contributed by atoms with Crippen molar-refractivity contribution in [1.82, 2.24) is 35.7 Å². The van der Waals surface area contributed by atoms with Gasteiger partial charge in [-0.1, -0.05) is 81.4 Å². The first kappa shape index (κ1) is 51.2. The molecule has 0 aliphatic carbocycles. The van der Waals surface area contributed by atoms with Crippen LogP contribution < -0.4 is 43.8 Å². The van der Waals surface area contributed by atoms with Gasteiger partial charge in [-0.3, -0.25) is 9.59 Å². The van der Waals surface area contributed by atoms with E-state index in [0.29, 0.717) is 59.6 Å². The first-order valence-electron chi connectivity index (χ1n) is 21.3. The van der Waals surface area contributed by atoms with E-state index >= 15 is 0 Å². The van der Waals surface area contributed by atoms with Crippen LogP contribution in [0.25, 0.3) is 0 Å². The predicted molar refractivity (Wildman–Crippen MR) is 251 cm³/mol. The number of nitrogens with one attached hydrogen (secondary N) is 5. The van der Waals surface area contributed by atoms with Gasteiger partial charge in [0.05, 0.1) is 11.4 Å². The van der Waals surface area contributed by atoms with E-state index in [1.54, 1.807) is 18.2 Å². The molecule has 0 bridgehead atoms. The summed E-state index contributed by atoms with van der Waals surface area (Å²) in [6.45, 7) is 27.2. The predicted octanol–water partition coefficient (Wildman–Crippen LogP) is 7.16. The molecule has 18 heteroatoms. The minimum atomic E-state index is -0.705. The second-order valence-electron chi connectivity index (χ2n) is 19.3. The number of aromatic nitrogens is 6. The van der Waals surface area contributed by atoms with Crippen LogP contribution in [0.4, 0.5) is 39.4 Å². The van der Waals surface area contributed by atoms with Gasteiger partial charge in [0.25, 0.3) is 11.8 Å². The van der Waals surface area contributed by atoms with Gasteiger partial charge in [-0.2, -0.15) is 0 Å². The number of hydrogen-bond acceptors (Lipinski definition) is 15. The van der Waals surface area contributed by atoms with E-state index in [0.717, 1.165) is 24.2 Å². The highest BCUT2D eigenvalue weighted by Gasteiger charge is 2.22. The van der Waals surface area contributed by atoms with Crippen molar-refractivity contribution in [3.05, 3.63) is 71.3 Å². The highest BCUT2D eigenvalue weighted by atomic mass is 16.6. The molecule has 0 spiro atoms. The summed E-state index contributed by atoms with van der Waals surface area (Å²) in [7, 11) is 0. The number of nitrogens with zero attached hydrogens (tertiary/aromatic N) is 6. The molecule has 0 saturated heterocycles. The first-order chi connectivity index (χ1) is 29.2. The van der Waals surface area contributed by atoms with Crippen molar-refractivity contribution < 1.29 is 19.1 Å². The Bertz CT molecular complexity index is 2140. The van der Waals surface area contributed by atoms with E-state index in [9.17, 15) is 14.4 Å². The molecule has 0 aliphatic heterocycles. The molecule has 63 heavy (non-hydrogen) atoms. The van der Waals surface area contributed by atoms with Crippen molar-refractivity contribution in [3.8, 4) is 0 Å². The molecule has 4 rings (SSSR count). The molecular weight excluding hydrogens is 801 g/mol. The summed E-state index contributed by atoms with van der Waals surface area (Å²) in [5, 5.41) is 31.9. The van der Waals surface area contributed by atoms with E-state index < -0.39 is 23.5 Å². The average Bonchev–Trinajstić information content (AvgIpc) is 3.15. The van der Waals surface area contributed by atoms with Gasteiger partial charge in [0.1, 0.15) is 17.2 Å². The number of pyridine rings is 2. The summed E-state index contributed by atoms with van der Waals surface area (Å²) >= 11 is 0. The molecule has 3 amide bonds. The summed E-state index contributed by atoms with van der Waals surface area (Å²) in [6, 6.07) is 14.7. The van der Waals surface area contributed by atoms with Crippen molar-refractivity contribution in [2.75, 3.05) is 34.4 Å². The lowest BCUT2D eigenvalue weighted by Gasteiger charge is -2.24. The number of carbonyl (C=O) groups excluding carboxylic acids is 3. The lowest BCUT2D eigenvalue weighted by atomic mass is 9.92. The number of nitrogens with two attached hydrogens (primary N) is 3. The number of hydrogen-bond donors (Lipinski definition) is 8. The average molecular weight is 871 g/mol. The number of ether oxygens (including phenoxy) is 1. The largest absolute Gasteiger partial charge is 0.444 e. The van der Waals surface area contributed by atoms with Crippen LogP contribution in [0.2, 0.25) is 0 Å². The molecular formula is C45H70N14O4. The van der Waals surface area contributed by atoms with Crippen LogP contribution in [-0.4, -0.2) is 79.0 Å². The van der Waals surface area contributed by atoms with Crippen molar-refractivity contribution >= 4 is 52.6 Å². The van der Waals surface area contributed by atoms with E-state index in [2.05, 4.69) is 126 Å². The first-order valence-corrected chi connectivity index (χ1v) is 21.3. The number of amides is 3. The zero-order chi connectivity index (χ0) is 47.3. The highest BCUT2D eigenvalue weighted by molar-refractivity contribution is 5.98. The van der Waals surface area contributed by atoms with E-state index in [4.69, 9.17) is 21.9 Å². The van der Waals surface area contributed by atoms with Crippen LogP contribution in [0.15, 0.2) is 48.5 Å². The smallest absolute Gasteiger partial charge is 0.407 e. The van der Waals surface area contributed by atoms with Gasteiger partial charge < -0.3 is 48.5 Å². The molecule has 18 nitrogen and oxygen atoms in total. The van der Waals surface area contributed by atoms with Gasteiger partial charge in [-0.25, -0.2) is 14.8 Å². The third kappa shape index (κ3) is 17.6. The second-order valence-corrected chi connectivity index (χ2v) is 19.3.